The Kier molecular flexibility index (Phi) is 7.92. The van der Waals surface area contributed by atoms with Gasteiger partial charge in [-0.3, -0.25) is 14.5 Å². The van der Waals surface area contributed by atoms with Crippen LogP contribution in [0.4, 0.5) is 10.1 Å². The number of ketones is 1. The zero-order chi connectivity index (χ0) is 27.6. The quantitative estimate of drug-likeness (QED) is 0.198. The van der Waals surface area contributed by atoms with Crippen LogP contribution in [0.3, 0.4) is 0 Å². The maximum Gasteiger partial charge on any atom is 0.300 e. The summed E-state index contributed by atoms with van der Waals surface area (Å²) in [5.74, 6) is -2.28. The van der Waals surface area contributed by atoms with Crippen LogP contribution in [0.15, 0.2) is 60.2 Å². The molecule has 1 atom stereocenters. The summed E-state index contributed by atoms with van der Waals surface area (Å²) in [5.41, 5.74) is 1.42. The largest absolute Gasteiger partial charge is 0.507 e. The Morgan fingerprint density at radius 2 is 1.79 bits per heavy atom. The average molecular weight is 540 g/mol. The van der Waals surface area contributed by atoms with E-state index in [1.54, 1.807) is 25.1 Å². The van der Waals surface area contributed by atoms with E-state index in [1.165, 1.54) is 30.3 Å². The minimum Gasteiger partial charge on any atom is -0.507 e. The summed E-state index contributed by atoms with van der Waals surface area (Å²) in [6, 6.07) is 11.9. The van der Waals surface area contributed by atoms with E-state index in [-0.39, 0.29) is 40.1 Å². The Bertz CT molecular complexity index is 1440. The van der Waals surface area contributed by atoms with Crippen LogP contribution in [-0.4, -0.2) is 35.1 Å². The number of amides is 1. The van der Waals surface area contributed by atoms with E-state index in [0.717, 1.165) is 23.0 Å². The minimum atomic E-state index is -1.12. The Labute approximate surface area is 224 Å². The Hall–Kier alpha value is -4.04. The maximum atomic E-state index is 13.9. The fourth-order valence-electron chi connectivity index (χ4n) is 4.35. The first-order valence-corrected chi connectivity index (χ1v) is 12.5. The van der Waals surface area contributed by atoms with Crippen LogP contribution in [0.5, 0.6) is 17.2 Å². The monoisotopic (exact) mass is 539 g/mol. The number of phenolic OH excluding ortho intramolecular Hbond substituents is 1. The molecule has 1 aliphatic rings. The number of rotatable bonds is 8. The second-order valence-corrected chi connectivity index (χ2v) is 9.16. The Morgan fingerprint density at radius 3 is 2.45 bits per heavy atom. The third-order valence-corrected chi connectivity index (χ3v) is 6.42. The highest BCUT2D eigenvalue weighted by Gasteiger charge is 2.47. The highest BCUT2D eigenvalue weighted by molar-refractivity contribution is 6.51. The molecular weight excluding hydrogens is 513 g/mol. The number of nitrogens with zero attached hydrogens (tertiary/aromatic N) is 1. The first-order chi connectivity index (χ1) is 18.2. The van der Waals surface area contributed by atoms with Crippen LogP contribution in [0, 0.1) is 12.7 Å². The summed E-state index contributed by atoms with van der Waals surface area (Å²) in [6.45, 7) is 6.34. The van der Waals surface area contributed by atoms with Gasteiger partial charge in [-0.15, -0.1) is 0 Å². The number of Topliss-reactive ketones (excluding diaryl/α,β-unsaturated/α-hetero) is 1. The SMILES string of the molecule is CCCOc1ccc(/C(O)=C2\C(=O)C(=O)N(c3ccc(F)c(Cl)c3)C2c2ccc(O)c(OCC)c2)cc1C. The number of aliphatic hydroxyl groups excluding tert-OH is 1. The number of carbonyl (C=O) groups excluding carboxylic acids is 2. The molecule has 3 aromatic carbocycles. The molecule has 2 N–H and O–H groups in total. The van der Waals surface area contributed by atoms with E-state index in [0.29, 0.717) is 23.5 Å². The minimum absolute atomic E-state index is 0.129. The number of hydrogen-bond acceptors (Lipinski definition) is 6. The number of hydrogen-bond donors (Lipinski definition) is 2. The number of aryl methyl sites for hydroxylation is 1. The molecule has 1 heterocycles. The van der Waals surface area contributed by atoms with Crippen molar-refractivity contribution in [2.75, 3.05) is 18.1 Å². The Balaban J connectivity index is 1.92. The molecule has 3 aromatic rings. The normalized spacial score (nSPS) is 16.7. The van der Waals surface area contributed by atoms with Gasteiger partial charge < -0.3 is 19.7 Å². The van der Waals surface area contributed by atoms with E-state index in [9.17, 15) is 24.2 Å². The lowest BCUT2D eigenvalue weighted by Gasteiger charge is -2.26. The molecule has 1 unspecified atom stereocenters. The molecular formula is C29H27ClFNO6. The third-order valence-electron chi connectivity index (χ3n) is 6.14. The van der Waals surface area contributed by atoms with Crippen molar-refractivity contribution < 1.29 is 33.7 Å². The van der Waals surface area contributed by atoms with E-state index in [4.69, 9.17) is 21.1 Å². The van der Waals surface area contributed by atoms with Gasteiger partial charge in [-0.05, 0) is 79.9 Å². The second-order valence-electron chi connectivity index (χ2n) is 8.76. The lowest BCUT2D eigenvalue weighted by atomic mass is 9.94. The summed E-state index contributed by atoms with van der Waals surface area (Å²) in [7, 11) is 0. The highest BCUT2D eigenvalue weighted by Crippen LogP contribution is 2.44. The molecule has 0 saturated carbocycles. The summed E-state index contributed by atoms with van der Waals surface area (Å²) >= 11 is 6.00. The number of benzene rings is 3. The van der Waals surface area contributed by atoms with Crippen molar-refractivity contribution in [3.63, 3.8) is 0 Å². The summed E-state index contributed by atoms with van der Waals surface area (Å²) in [4.78, 5) is 27.9. The first-order valence-electron chi connectivity index (χ1n) is 12.1. The van der Waals surface area contributed by atoms with E-state index < -0.39 is 23.5 Å². The molecule has 0 radical (unpaired) electrons. The molecule has 198 valence electrons. The van der Waals surface area contributed by atoms with Gasteiger partial charge >= 0.3 is 0 Å². The van der Waals surface area contributed by atoms with Gasteiger partial charge in [-0.2, -0.15) is 0 Å². The van der Waals surface area contributed by atoms with Crippen molar-refractivity contribution >= 4 is 34.7 Å². The van der Waals surface area contributed by atoms with Crippen molar-refractivity contribution in [3.8, 4) is 17.2 Å². The van der Waals surface area contributed by atoms with E-state index in [2.05, 4.69) is 0 Å². The van der Waals surface area contributed by atoms with Crippen molar-refractivity contribution in [1.29, 1.82) is 0 Å². The lowest BCUT2D eigenvalue weighted by Crippen LogP contribution is -2.29. The van der Waals surface area contributed by atoms with Crippen LogP contribution >= 0.6 is 11.6 Å². The molecule has 1 fully saturated rings. The van der Waals surface area contributed by atoms with Gasteiger partial charge in [0, 0.05) is 11.3 Å². The summed E-state index contributed by atoms with van der Waals surface area (Å²) in [6.07, 6.45) is 0.828. The molecule has 1 saturated heterocycles. The predicted octanol–water partition coefficient (Wildman–Crippen LogP) is 6.31. The first kappa shape index (κ1) is 27.0. The summed E-state index contributed by atoms with van der Waals surface area (Å²) in [5, 5.41) is 21.4. The van der Waals surface area contributed by atoms with Crippen LogP contribution in [0.2, 0.25) is 5.02 Å². The molecule has 4 rings (SSSR count). The van der Waals surface area contributed by atoms with Gasteiger partial charge in [-0.25, -0.2) is 4.39 Å². The second kappa shape index (κ2) is 11.1. The van der Waals surface area contributed by atoms with Gasteiger partial charge in [0.15, 0.2) is 11.5 Å². The van der Waals surface area contributed by atoms with Gasteiger partial charge in [0.05, 0.1) is 29.9 Å². The van der Waals surface area contributed by atoms with E-state index >= 15 is 0 Å². The lowest BCUT2D eigenvalue weighted by molar-refractivity contribution is -0.132. The maximum absolute atomic E-state index is 13.9. The fraction of sp³-hybridized carbons (Fsp3) is 0.241. The molecule has 38 heavy (non-hydrogen) atoms. The molecule has 0 spiro atoms. The van der Waals surface area contributed by atoms with Gasteiger partial charge in [0.1, 0.15) is 17.3 Å². The van der Waals surface area contributed by atoms with Crippen molar-refractivity contribution in [2.45, 2.75) is 33.2 Å². The van der Waals surface area contributed by atoms with Crippen molar-refractivity contribution in [3.05, 3.63) is 87.7 Å². The zero-order valence-corrected chi connectivity index (χ0v) is 21.9. The molecule has 7 nitrogen and oxygen atoms in total. The molecule has 0 bridgehead atoms. The summed E-state index contributed by atoms with van der Waals surface area (Å²) < 4.78 is 25.1. The van der Waals surface area contributed by atoms with Crippen molar-refractivity contribution in [2.24, 2.45) is 0 Å². The highest BCUT2D eigenvalue weighted by atomic mass is 35.5. The average Bonchev–Trinajstić information content (AvgIpc) is 3.16. The van der Waals surface area contributed by atoms with Crippen LogP contribution in [0.25, 0.3) is 5.76 Å². The number of anilines is 1. The molecule has 9 heteroatoms. The van der Waals surface area contributed by atoms with Gasteiger partial charge in [0.25, 0.3) is 11.7 Å². The molecule has 1 aliphatic heterocycles. The van der Waals surface area contributed by atoms with E-state index in [1.807, 2.05) is 13.8 Å². The standard InChI is InChI=1S/C29H27ClFNO6/c1-4-12-38-23-11-7-18(13-16(23)3)27(34)25-26(17-6-10-22(33)24(14-17)37-5-2)32(29(36)28(25)35)19-8-9-21(31)20(30)15-19/h6-11,13-15,26,33-34H,4-5,12H2,1-3H3/b27-25+. The number of carbonyl (C=O) groups is 2. The number of aliphatic hydroxyl groups is 1. The van der Waals surface area contributed by atoms with Crippen molar-refractivity contribution in [1.82, 2.24) is 0 Å². The smallest absolute Gasteiger partial charge is 0.300 e. The number of ether oxygens (including phenoxy) is 2. The predicted molar refractivity (Wildman–Crippen MR) is 142 cm³/mol. The van der Waals surface area contributed by atoms with Gasteiger partial charge in [-0.1, -0.05) is 24.6 Å². The fourth-order valence-corrected chi connectivity index (χ4v) is 4.52. The number of halogens is 2. The van der Waals surface area contributed by atoms with Crippen LogP contribution < -0.4 is 14.4 Å². The molecule has 1 amide bonds. The zero-order valence-electron chi connectivity index (χ0n) is 21.1. The van der Waals surface area contributed by atoms with Gasteiger partial charge in [0.2, 0.25) is 0 Å². The third kappa shape index (κ3) is 5.04. The van der Waals surface area contributed by atoms with Crippen LogP contribution in [0.1, 0.15) is 43.0 Å². The Morgan fingerprint density at radius 1 is 1.03 bits per heavy atom. The number of aromatic hydroxyl groups is 1. The topological polar surface area (TPSA) is 96.3 Å². The number of phenols is 1. The molecule has 0 aliphatic carbocycles. The van der Waals surface area contributed by atoms with Crippen LogP contribution in [-0.2, 0) is 9.59 Å². The molecule has 0 aromatic heterocycles.